The molecule has 0 bridgehead atoms. The summed E-state index contributed by atoms with van der Waals surface area (Å²) in [5, 5.41) is 4.72. The first-order valence-corrected chi connectivity index (χ1v) is 21.2. The molecule has 4 heterocycles. The van der Waals surface area contributed by atoms with Gasteiger partial charge in [0.05, 0.1) is 11.0 Å². The molecule has 0 amide bonds. The van der Waals surface area contributed by atoms with Gasteiger partial charge in [-0.3, -0.25) is 0 Å². The number of ether oxygens (including phenoxy) is 1. The van der Waals surface area contributed by atoms with Gasteiger partial charge in [0, 0.05) is 67.4 Å². The van der Waals surface area contributed by atoms with Gasteiger partial charge in [-0.15, -0.1) is 0 Å². The molecule has 1 aliphatic carbocycles. The number of fused-ring (bicyclic) bond motifs is 10. The number of benzene rings is 8. The SMILES string of the molecule is Cc1ccc(N(c2ccc3c(c2)Oc2cccc4c2B3c2cc3c5ccccc5n(C5=CC=CCC5)c3cc2N4c2ccccc2)c2ccc3oc4ccccc4c3c2)cc1. The average molecular weight is 784 g/mol. The Morgan fingerprint density at radius 3 is 2.20 bits per heavy atom. The fraction of sp³-hybridized carbons (Fsp3) is 0.0545. The van der Waals surface area contributed by atoms with Gasteiger partial charge in [0.25, 0.3) is 6.71 Å². The number of para-hydroxylation sites is 3. The number of furan rings is 1. The lowest BCUT2D eigenvalue weighted by atomic mass is 9.34. The Bertz CT molecular complexity index is 3490. The Labute approximate surface area is 353 Å². The van der Waals surface area contributed by atoms with Crippen molar-refractivity contribution >= 4 is 107 Å². The maximum absolute atomic E-state index is 7.08. The Kier molecular flexibility index (Phi) is 7.37. The van der Waals surface area contributed by atoms with E-state index < -0.39 is 0 Å². The van der Waals surface area contributed by atoms with E-state index in [1.54, 1.807) is 0 Å². The molecule has 2 aliphatic heterocycles. The lowest BCUT2D eigenvalue weighted by molar-refractivity contribution is 0.487. The number of anilines is 6. The quantitative estimate of drug-likeness (QED) is 0.163. The highest BCUT2D eigenvalue weighted by Crippen LogP contribution is 2.45. The first-order valence-electron chi connectivity index (χ1n) is 21.2. The van der Waals surface area contributed by atoms with Crippen LogP contribution in [0.4, 0.5) is 34.1 Å². The number of nitrogens with zero attached hydrogens (tertiary/aromatic N) is 3. The van der Waals surface area contributed by atoms with E-state index in [4.69, 9.17) is 9.15 Å². The Morgan fingerprint density at radius 1 is 0.557 bits per heavy atom. The standard InChI is InChI=1S/C55H38BN3O2/c1-35-23-25-38(26-24-35)57(39-28-30-52-44(31-39)42-18-9-11-21-51(42)60-52)40-27-29-45-54(32-40)61-53-22-12-20-48-55(53)56(45)46-33-43-41-17-8-10-19-47(41)58(36-13-4-2-5-14-36)49(43)34-50(46)59(48)37-15-6-3-7-16-37/h2-4,6-13,15-34H,5,14H2,1H3. The van der Waals surface area contributed by atoms with Crippen LogP contribution in [0.5, 0.6) is 11.5 Å². The third-order valence-corrected chi connectivity index (χ3v) is 12.9. The minimum absolute atomic E-state index is 0.0521. The molecule has 8 aromatic carbocycles. The van der Waals surface area contributed by atoms with Crippen LogP contribution in [0, 0.1) is 6.92 Å². The van der Waals surface area contributed by atoms with Crippen LogP contribution in [0.15, 0.2) is 193 Å². The number of aromatic nitrogens is 1. The second-order valence-electron chi connectivity index (χ2n) is 16.5. The fourth-order valence-electron chi connectivity index (χ4n) is 10.2. The smallest absolute Gasteiger partial charge is 0.256 e. The van der Waals surface area contributed by atoms with Crippen molar-refractivity contribution in [3.8, 4) is 11.5 Å². The molecule has 288 valence electrons. The topological polar surface area (TPSA) is 33.8 Å². The number of rotatable bonds is 5. The molecule has 61 heavy (non-hydrogen) atoms. The van der Waals surface area contributed by atoms with Gasteiger partial charge in [-0.2, -0.15) is 0 Å². The van der Waals surface area contributed by atoms with Gasteiger partial charge < -0.3 is 23.5 Å². The van der Waals surface area contributed by atoms with Gasteiger partial charge >= 0.3 is 0 Å². The molecular formula is C55H38BN3O2. The molecule has 13 rings (SSSR count). The number of hydrogen-bond acceptors (Lipinski definition) is 4. The van der Waals surface area contributed by atoms with Crippen LogP contribution in [-0.2, 0) is 0 Å². The number of hydrogen-bond donors (Lipinski definition) is 0. The van der Waals surface area contributed by atoms with Crippen molar-refractivity contribution in [3.05, 3.63) is 194 Å². The lowest BCUT2D eigenvalue weighted by Gasteiger charge is -2.40. The summed E-state index contributed by atoms with van der Waals surface area (Å²) in [7, 11) is 0. The molecule has 0 saturated heterocycles. The summed E-state index contributed by atoms with van der Waals surface area (Å²) in [6, 6.07) is 61.5. The van der Waals surface area contributed by atoms with E-state index >= 15 is 0 Å². The van der Waals surface area contributed by atoms with E-state index in [1.165, 1.54) is 49.7 Å². The first-order chi connectivity index (χ1) is 30.2. The zero-order valence-corrected chi connectivity index (χ0v) is 33.5. The van der Waals surface area contributed by atoms with Crippen LogP contribution in [0.1, 0.15) is 18.4 Å². The molecule has 0 N–H and O–H groups in total. The summed E-state index contributed by atoms with van der Waals surface area (Å²) in [6.45, 7) is 2.08. The lowest BCUT2D eigenvalue weighted by Crippen LogP contribution is -2.59. The molecule has 0 radical (unpaired) electrons. The monoisotopic (exact) mass is 783 g/mol. The third kappa shape index (κ3) is 5.15. The van der Waals surface area contributed by atoms with Crippen LogP contribution < -0.4 is 30.9 Å². The predicted octanol–water partition coefficient (Wildman–Crippen LogP) is 13.1. The summed E-state index contributed by atoms with van der Waals surface area (Å²) < 4.78 is 15.8. The van der Waals surface area contributed by atoms with Gasteiger partial charge in [0.1, 0.15) is 22.7 Å². The minimum atomic E-state index is -0.0521. The summed E-state index contributed by atoms with van der Waals surface area (Å²) in [5.74, 6) is 1.74. The van der Waals surface area contributed by atoms with E-state index in [2.05, 4.69) is 197 Å². The highest BCUT2D eigenvalue weighted by atomic mass is 16.5. The Balaban J connectivity index is 1.04. The number of aryl methyl sites for hydroxylation is 1. The van der Waals surface area contributed by atoms with Crippen LogP contribution in [-0.4, -0.2) is 11.3 Å². The Morgan fingerprint density at radius 2 is 1.33 bits per heavy atom. The molecule has 5 nitrogen and oxygen atoms in total. The minimum Gasteiger partial charge on any atom is -0.458 e. The molecule has 0 saturated carbocycles. The summed E-state index contributed by atoms with van der Waals surface area (Å²) >= 11 is 0. The van der Waals surface area contributed by atoms with Crippen molar-refractivity contribution < 1.29 is 9.15 Å². The van der Waals surface area contributed by atoms with Gasteiger partial charge in [-0.05, 0) is 121 Å². The van der Waals surface area contributed by atoms with Crippen molar-refractivity contribution in [2.75, 3.05) is 9.80 Å². The first kappa shape index (κ1) is 34.2. The third-order valence-electron chi connectivity index (χ3n) is 12.9. The Hall–Kier alpha value is -7.70. The van der Waals surface area contributed by atoms with Gasteiger partial charge in [0.15, 0.2) is 0 Å². The summed E-state index contributed by atoms with van der Waals surface area (Å²) in [6.07, 6.45) is 8.79. The molecule has 0 fully saturated rings. The van der Waals surface area contributed by atoms with Gasteiger partial charge in [-0.1, -0.05) is 103 Å². The van der Waals surface area contributed by atoms with Crippen molar-refractivity contribution in [1.82, 2.24) is 4.57 Å². The van der Waals surface area contributed by atoms with E-state index in [0.29, 0.717) is 0 Å². The highest BCUT2D eigenvalue weighted by Gasteiger charge is 2.42. The van der Waals surface area contributed by atoms with Crippen molar-refractivity contribution in [2.45, 2.75) is 19.8 Å². The normalized spacial score (nSPS) is 14.0. The van der Waals surface area contributed by atoms with E-state index in [0.717, 1.165) is 80.2 Å². The van der Waals surface area contributed by atoms with Gasteiger partial charge in [-0.25, -0.2) is 0 Å². The second-order valence-corrected chi connectivity index (χ2v) is 16.5. The molecular weight excluding hydrogens is 745 g/mol. The van der Waals surface area contributed by atoms with Crippen LogP contribution in [0.2, 0.25) is 0 Å². The van der Waals surface area contributed by atoms with Crippen molar-refractivity contribution in [3.63, 3.8) is 0 Å². The van der Waals surface area contributed by atoms with E-state index in [1.807, 2.05) is 12.1 Å². The van der Waals surface area contributed by atoms with Crippen LogP contribution >= 0.6 is 0 Å². The van der Waals surface area contributed by atoms with E-state index in [-0.39, 0.29) is 6.71 Å². The number of allylic oxidation sites excluding steroid dienone is 4. The molecule has 0 spiro atoms. The fourth-order valence-corrected chi connectivity index (χ4v) is 10.2. The summed E-state index contributed by atoms with van der Waals surface area (Å²) in [5.41, 5.74) is 16.9. The molecule has 10 aromatic rings. The molecule has 2 aromatic heterocycles. The zero-order valence-electron chi connectivity index (χ0n) is 33.5. The van der Waals surface area contributed by atoms with Crippen molar-refractivity contribution in [1.29, 1.82) is 0 Å². The van der Waals surface area contributed by atoms with Crippen molar-refractivity contribution in [2.24, 2.45) is 0 Å². The maximum atomic E-state index is 7.08. The second kappa shape index (κ2) is 13.2. The molecule has 3 aliphatic rings. The van der Waals surface area contributed by atoms with E-state index in [9.17, 15) is 0 Å². The zero-order chi connectivity index (χ0) is 40.2. The maximum Gasteiger partial charge on any atom is 0.256 e. The molecule has 0 atom stereocenters. The van der Waals surface area contributed by atoms with Crippen LogP contribution in [0.3, 0.4) is 0 Å². The highest BCUT2D eigenvalue weighted by molar-refractivity contribution is 6.99. The largest absolute Gasteiger partial charge is 0.458 e. The summed E-state index contributed by atoms with van der Waals surface area (Å²) in [4.78, 5) is 4.77. The molecule has 6 heteroatoms. The van der Waals surface area contributed by atoms with Gasteiger partial charge in [0.2, 0.25) is 0 Å². The van der Waals surface area contributed by atoms with Crippen LogP contribution in [0.25, 0.3) is 49.4 Å². The predicted molar refractivity (Wildman–Crippen MR) is 255 cm³/mol. The molecule has 0 unspecified atom stereocenters. The average Bonchev–Trinajstić information content (AvgIpc) is 3.84.